The van der Waals surface area contributed by atoms with E-state index in [9.17, 15) is 24.3 Å². The summed E-state index contributed by atoms with van der Waals surface area (Å²) in [6.07, 6.45) is 2.47. The Labute approximate surface area is 307 Å². The quantitative estimate of drug-likeness (QED) is 0.121. The molecule has 2 aliphatic carbocycles. The molecule has 2 saturated heterocycles. The number of imide groups is 2. The number of rotatable bonds is 7. The molecule has 268 valence electrons. The topological polar surface area (TPSA) is 132 Å². The van der Waals surface area contributed by atoms with Crippen LogP contribution in [0.4, 0.5) is 28.4 Å². The summed E-state index contributed by atoms with van der Waals surface area (Å²) < 4.78 is 5.35. The number of fused-ring (bicyclic) bond motifs is 4. The Morgan fingerprint density at radius 2 is 1.42 bits per heavy atom. The van der Waals surface area contributed by atoms with Gasteiger partial charge in [-0.05, 0) is 92.4 Å². The zero-order chi connectivity index (χ0) is 37.2. The number of allylic oxidation sites excluding steroid dienone is 2. The van der Waals surface area contributed by atoms with Crippen molar-refractivity contribution < 1.29 is 29.0 Å². The van der Waals surface area contributed by atoms with Crippen LogP contribution in [0.5, 0.6) is 11.5 Å². The third-order valence-corrected chi connectivity index (χ3v) is 11.6. The molecule has 3 fully saturated rings. The SMILES string of the molecule is COc1ccc(C2C3=CCC4C(=O)N(c5ccc(N=Nc6ccc(N(C)C)cc6)cc5)C(=O)C4C3CC3C(=O)N(c4ccccc4)C(=O)C32C)c(O)c1. The number of hydrogen-bond donors (Lipinski definition) is 1. The number of carbonyl (C=O) groups excluding carboxylic acids is 4. The zero-order valence-corrected chi connectivity index (χ0v) is 29.8. The molecule has 6 atom stereocenters. The molecule has 8 rings (SSSR count). The van der Waals surface area contributed by atoms with E-state index in [2.05, 4.69) is 10.2 Å². The van der Waals surface area contributed by atoms with E-state index in [0.29, 0.717) is 34.1 Å². The van der Waals surface area contributed by atoms with E-state index in [0.717, 1.165) is 11.3 Å². The second-order valence-electron chi connectivity index (χ2n) is 14.6. The van der Waals surface area contributed by atoms with Crippen molar-refractivity contribution in [3.8, 4) is 11.5 Å². The lowest BCUT2D eigenvalue weighted by Crippen LogP contribution is -2.48. The van der Waals surface area contributed by atoms with Gasteiger partial charge in [-0.25, -0.2) is 4.90 Å². The van der Waals surface area contributed by atoms with E-state index in [4.69, 9.17) is 4.74 Å². The van der Waals surface area contributed by atoms with Crippen molar-refractivity contribution >= 4 is 52.1 Å². The molecule has 0 bridgehead atoms. The average Bonchev–Trinajstić information content (AvgIpc) is 3.54. The summed E-state index contributed by atoms with van der Waals surface area (Å²) in [5.74, 6) is -4.42. The number of carbonyl (C=O) groups is 4. The molecule has 0 radical (unpaired) electrons. The maximum Gasteiger partial charge on any atom is 0.241 e. The van der Waals surface area contributed by atoms with Gasteiger partial charge in [0.2, 0.25) is 23.6 Å². The molecule has 0 aromatic heterocycles. The summed E-state index contributed by atoms with van der Waals surface area (Å²) in [7, 11) is 5.43. The van der Waals surface area contributed by atoms with Crippen molar-refractivity contribution in [2.45, 2.75) is 25.7 Å². The Hall–Kier alpha value is -6.10. The van der Waals surface area contributed by atoms with Gasteiger partial charge in [0.05, 0.1) is 53.0 Å². The summed E-state index contributed by atoms with van der Waals surface area (Å²) in [5, 5.41) is 20.1. The lowest BCUT2D eigenvalue weighted by atomic mass is 9.51. The normalized spacial score (nSPS) is 26.4. The van der Waals surface area contributed by atoms with Crippen molar-refractivity contribution in [3.05, 3.63) is 114 Å². The summed E-state index contributed by atoms with van der Waals surface area (Å²) in [5.41, 5.74) is 3.19. The van der Waals surface area contributed by atoms with Crippen molar-refractivity contribution in [3.63, 3.8) is 0 Å². The van der Waals surface area contributed by atoms with Crippen LogP contribution in [0.3, 0.4) is 0 Å². The van der Waals surface area contributed by atoms with Gasteiger partial charge in [0, 0.05) is 37.3 Å². The predicted octanol–water partition coefficient (Wildman–Crippen LogP) is 7.32. The molecule has 11 nitrogen and oxygen atoms in total. The number of benzene rings is 4. The maximum atomic E-state index is 14.6. The van der Waals surface area contributed by atoms with Gasteiger partial charge in [-0.1, -0.05) is 35.9 Å². The Kier molecular flexibility index (Phi) is 8.24. The first kappa shape index (κ1) is 34.0. The molecule has 4 aromatic carbocycles. The van der Waals surface area contributed by atoms with Crippen molar-refractivity contribution in [1.29, 1.82) is 0 Å². The van der Waals surface area contributed by atoms with Crippen molar-refractivity contribution in [1.82, 2.24) is 0 Å². The smallest absolute Gasteiger partial charge is 0.241 e. The standard InChI is InChI=1S/C42H39N5O6/c1-42-34(39(50)47(41(42)52)27-8-6-5-7-9-27)23-33-30(37(42)31-19-18-29(53-4)22-35(31)48)20-21-32-36(33)40(51)46(38(32)49)28-16-12-25(13-17-28)44-43-24-10-14-26(15-11-24)45(2)3/h5-20,22,32-34,36-37,48H,21,23H2,1-4H3. The molecule has 1 saturated carbocycles. The lowest BCUT2D eigenvalue weighted by Gasteiger charge is -2.49. The summed E-state index contributed by atoms with van der Waals surface area (Å²) >= 11 is 0. The molecular formula is C42H39N5O6. The monoisotopic (exact) mass is 709 g/mol. The number of para-hydroxylation sites is 1. The van der Waals surface area contributed by atoms with E-state index in [1.807, 2.05) is 55.4 Å². The molecule has 2 aliphatic heterocycles. The van der Waals surface area contributed by atoms with E-state index < -0.39 is 35.0 Å². The van der Waals surface area contributed by atoms with Gasteiger partial charge in [-0.2, -0.15) is 10.2 Å². The molecule has 4 aromatic rings. The van der Waals surface area contributed by atoms with Gasteiger partial charge in [0.1, 0.15) is 11.5 Å². The van der Waals surface area contributed by atoms with Crippen LogP contribution in [0.1, 0.15) is 31.2 Å². The van der Waals surface area contributed by atoms with E-state index in [1.54, 1.807) is 67.6 Å². The summed E-state index contributed by atoms with van der Waals surface area (Å²) in [4.78, 5) is 62.0. The van der Waals surface area contributed by atoms with Crippen LogP contribution in [-0.2, 0) is 19.2 Å². The fourth-order valence-corrected chi connectivity index (χ4v) is 8.93. The second-order valence-corrected chi connectivity index (χ2v) is 14.6. The number of methoxy groups -OCH3 is 1. The van der Waals surface area contributed by atoms with Crippen molar-refractivity contribution in [2.24, 2.45) is 39.3 Å². The largest absolute Gasteiger partial charge is 0.508 e. The molecule has 4 amide bonds. The number of phenols is 1. The van der Waals surface area contributed by atoms with Crippen LogP contribution in [-0.4, -0.2) is 49.9 Å². The first-order chi connectivity index (χ1) is 25.5. The lowest BCUT2D eigenvalue weighted by molar-refractivity contribution is -0.131. The fraction of sp³-hybridized carbons (Fsp3) is 0.286. The Balaban J connectivity index is 1.13. The molecule has 6 unspecified atom stereocenters. The first-order valence-corrected chi connectivity index (χ1v) is 17.7. The Morgan fingerprint density at radius 3 is 2.04 bits per heavy atom. The number of hydrogen-bond acceptors (Lipinski definition) is 9. The number of amides is 4. The van der Waals surface area contributed by atoms with Crippen LogP contribution < -0.4 is 19.4 Å². The van der Waals surface area contributed by atoms with Crippen LogP contribution in [0, 0.1) is 29.1 Å². The van der Waals surface area contributed by atoms with Crippen LogP contribution >= 0.6 is 0 Å². The highest BCUT2D eigenvalue weighted by Gasteiger charge is 2.68. The van der Waals surface area contributed by atoms with Crippen LogP contribution in [0.2, 0.25) is 0 Å². The minimum absolute atomic E-state index is 0.0744. The van der Waals surface area contributed by atoms with Gasteiger partial charge < -0.3 is 14.7 Å². The number of anilines is 3. The van der Waals surface area contributed by atoms with Crippen LogP contribution in [0.25, 0.3) is 0 Å². The number of phenolic OH excluding ortho intramolecular Hbond substituents is 1. The third kappa shape index (κ3) is 5.32. The third-order valence-electron chi connectivity index (χ3n) is 11.6. The maximum absolute atomic E-state index is 14.6. The van der Waals surface area contributed by atoms with E-state index in [1.165, 1.54) is 23.0 Å². The minimum atomic E-state index is -1.27. The van der Waals surface area contributed by atoms with Crippen LogP contribution in [0.15, 0.2) is 119 Å². The Bertz CT molecular complexity index is 2200. The highest BCUT2D eigenvalue weighted by Crippen LogP contribution is 2.64. The number of azo groups is 1. The number of aromatic hydroxyl groups is 1. The highest BCUT2D eigenvalue weighted by atomic mass is 16.5. The molecule has 53 heavy (non-hydrogen) atoms. The van der Waals surface area contributed by atoms with Gasteiger partial charge in [0.25, 0.3) is 0 Å². The molecule has 0 spiro atoms. The zero-order valence-electron chi connectivity index (χ0n) is 29.8. The van der Waals surface area contributed by atoms with Gasteiger partial charge in [0.15, 0.2) is 0 Å². The molecule has 4 aliphatic rings. The predicted molar refractivity (Wildman–Crippen MR) is 200 cm³/mol. The Morgan fingerprint density at radius 1 is 0.774 bits per heavy atom. The first-order valence-electron chi connectivity index (χ1n) is 17.7. The molecule has 1 N–H and O–H groups in total. The van der Waals surface area contributed by atoms with Gasteiger partial charge in [-0.15, -0.1) is 0 Å². The summed E-state index contributed by atoms with van der Waals surface area (Å²) in [6, 6.07) is 28.2. The number of ether oxygens (including phenoxy) is 1. The molecular weight excluding hydrogens is 670 g/mol. The van der Waals surface area contributed by atoms with Gasteiger partial charge in [-0.3, -0.25) is 24.1 Å². The molecule has 2 heterocycles. The fourth-order valence-electron chi connectivity index (χ4n) is 8.93. The second kappa shape index (κ2) is 12.8. The van der Waals surface area contributed by atoms with E-state index >= 15 is 0 Å². The highest BCUT2D eigenvalue weighted by molar-refractivity contribution is 6.25. The molecule has 11 heteroatoms. The number of nitrogens with zero attached hydrogens (tertiary/aromatic N) is 5. The minimum Gasteiger partial charge on any atom is -0.508 e. The van der Waals surface area contributed by atoms with Crippen molar-refractivity contribution in [2.75, 3.05) is 35.9 Å². The average molecular weight is 710 g/mol. The van der Waals surface area contributed by atoms with E-state index in [-0.39, 0.29) is 42.2 Å². The van der Waals surface area contributed by atoms with Gasteiger partial charge >= 0.3 is 0 Å². The summed E-state index contributed by atoms with van der Waals surface area (Å²) in [6.45, 7) is 1.80.